The van der Waals surface area contributed by atoms with Crippen LogP contribution in [0.3, 0.4) is 0 Å². The van der Waals surface area contributed by atoms with Crippen LogP contribution < -0.4 is 33.0 Å². The Labute approximate surface area is 208 Å². The van der Waals surface area contributed by atoms with E-state index in [0.29, 0.717) is 5.56 Å². The van der Waals surface area contributed by atoms with Crippen LogP contribution in [-0.2, 0) is 34.6 Å². The van der Waals surface area contributed by atoms with Crippen molar-refractivity contribution in [3.8, 4) is 0 Å². The first-order valence-electron chi connectivity index (χ1n) is 10.8. The van der Waals surface area contributed by atoms with Crippen LogP contribution in [0.2, 0.25) is 0 Å². The second-order valence-corrected chi connectivity index (χ2v) is 11.3. The van der Waals surface area contributed by atoms with Gasteiger partial charge in [0.25, 0.3) is 0 Å². The Morgan fingerprint density at radius 1 is 0.886 bits per heavy atom. The summed E-state index contributed by atoms with van der Waals surface area (Å²) in [6, 6.07) is 3.75. The molecule has 2 N–H and O–H groups in total. The van der Waals surface area contributed by atoms with Gasteiger partial charge in [-0.2, -0.15) is 21.6 Å². The Hall–Kier alpha value is -2.56. The summed E-state index contributed by atoms with van der Waals surface area (Å²) < 4.78 is 74.5. The molecule has 17 heteroatoms. The van der Waals surface area contributed by atoms with Crippen LogP contribution in [0, 0.1) is 0 Å². The lowest BCUT2D eigenvalue weighted by atomic mass is 9.53. The molecule has 0 bridgehead atoms. The van der Waals surface area contributed by atoms with Gasteiger partial charge >= 0.3 is 16.3 Å². The zero-order valence-corrected chi connectivity index (χ0v) is 21.4. The highest BCUT2D eigenvalue weighted by Gasteiger charge is 2.46. The number of Topliss-reactive ketones (excluding diaryl/α,β-unsaturated/α-hetero) is 1. The fourth-order valence-electron chi connectivity index (χ4n) is 4.36. The SMILES string of the molecule is Bc1c(B)c(B)c(C(B)(B)S(=O)(=O)OC2=C(N)OC(c3ccc(C(F)(F)F)cc3)C2=O)c(B)c1B. The Balaban J connectivity index is 1.95. The summed E-state index contributed by atoms with van der Waals surface area (Å²) in [5.74, 6) is -2.14. The Morgan fingerprint density at radius 2 is 1.34 bits per heavy atom. The molecule has 2 aromatic rings. The molecule has 1 unspecified atom stereocenters. The molecule has 1 aliphatic heterocycles. The van der Waals surface area contributed by atoms with Crippen LogP contribution in [0.25, 0.3) is 0 Å². The number of carbonyl (C=O) groups is 1. The monoisotopic (exact) mass is 497 g/mol. The molecule has 3 rings (SSSR count). The molecule has 176 valence electrons. The number of hydrogen-bond donors (Lipinski definition) is 1. The second-order valence-electron chi connectivity index (χ2n) is 9.22. The average molecular weight is 496 g/mol. The van der Waals surface area contributed by atoms with Crippen molar-refractivity contribution in [3.05, 3.63) is 52.6 Å². The molecule has 0 fully saturated rings. The van der Waals surface area contributed by atoms with Gasteiger partial charge in [0.05, 0.1) is 10.1 Å². The van der Waals surface area contributed by atoms with Crippen LogP contribution in [0.5, 0.6) is 0 Å². The molecule has 0 saturated heterocycles. The van der Waals surface area contributed by atoms with E-state index in [1.165, 1.54) is 15.7 Å². The summed E-state index contributed by atoms with van der Waals surface area (Å²) in [6.07, 6.45) is -5.97. The van der Waals surface area contributed by atoms with Crippen molar-refractivity contribution in [2.75, 3.05) is 0 Å². The Morgan fingerprint density at radius 3 is 1.80 bits per heavy atom. The molecule has 0 aliphatic carbocycles. The number of rotatable bonds is 5. The molecule has 1 atom stereocenters. The van der Waals surface area contributed by atoms with Crippen LogP contribution >= 0.6 is 0 Å². The number of hydrogen-bond acceptors (Lipinski definition) is 6. The maximum atomic E-state index is 13.5. The van der Waals surface area contributed by atoms with Crippen LogP contribution in [0.4, 0.5) is 13.2 Å². The van der Waals surface area contributed by atoms with Crippen molar-refractivity contribution < 1.29 is 35.3 Å². The molecule has 0 saturated carbocycles. The standard InChI is InChI=1S/C18H21B7F3NO5S/c19-8-7(9(20)11(22)12(23)10(8)21)17(24,25)35(31,32)34-15-13(30)14(33-16(15)29)5-1-3-6(4-2-5)18(26,27)28/h1-4,14H,19-25,29H2. The molecule has 0 spiro atoms. The number of benzene rings is 2. The van der Waals surface area contributed by atoms with E-state index in [9.17, 15) is 26.4 Å². The van der Waals surface area contributed by atoms with E-state index in [4.69, 9.17) is 14.7 Å². The van der Waals surface area contributed by atoms with E-state index in [1.54, 1.807) is 0 Å². The number of halogens is 3. The van der Waals surface area contributed by atoms with Crippen molar-refractivity contribution in [2.24, 2.45) is 5.73 Å². The summed E-state index contributed by atoms with van der Waals surface area (Å²) in [5.41, 5.74) is 10.1. The topological polar surface area (TPSA) is 95.7 Å². The number of ketones is 1. The lowest BCUT2D eigenvalue weighted by molar-refractivity contribution is -0.137. The summed E-state index contributed by atoms with van der Waals surface area (Å²) in [7, 11) is 7.94. The van der Waals surface area contributed by atoms with Gasteiger partial charge in [0.2, 0.25) is 17.4 Å². The summed E-state index contributed by atoms with van der Waals surface area (Å²) in [5, 5.41) is 0. The number of ether oxygens (including phenoxy) is 1. The normalized spacial score (nSPS) is 16.9. The Kier molecular flexibility index (Phi) is 6.82. The highest BCUT2D eigenvalue weighted by molar-refractivity contribution is 7.90. The molecule has 0 radical (unpaired) electrons. The van der Waals surface area contributed by atoms with Crippen LogP contribution in [0.15, 0.2) is 35.9 Å². The molecule has 1 aliphatic rings. The zero-order chi connectivity index (χ0) is 26.7. The molecule has 1 heterocycles. The maximum Gasteiger partial charge on any atom is 0.416 e. The second kappa shape index (κ2) is 8.83. The predicted molar refractivity (Wildman–Crippen MR) is 148 cm³/mol. The molecule has 2 aromatic carbocycles. The highest BCUT2D eigenvalue weighted by atomic mass is 32.2. The minimum atomic E-state index is -4.55. The number of nitrogens with two attached hydrogens (primary N) is 1. The minimum Gasteiger partial charge on any atom is -0.460 e. The van der Waals surface area contributed by atoms with Gasteiger partial charge in [0, 0.05) is 5.56 Å². The van der Waals surface area contributed by atoms with Crippen molar-refractivity contribution in [3.63, 3.8) is 0 Å². The van der Waals surface area contributed by atoms with Gasteiger partial charge < -0.3 is 14.7 Å². The van der Waals surface area contributed by atoms with Gasteiger partial charge in [-0.15, -0.1) is 16.4 Å². The van der Waals surface area contributed by atoms with E-state index < -0.39 is 49.9 Å². The molecular formula is C18H21B7F3NO5S. The Bertz CT molecular complexity index is 1330. The van der Waals surface area contributed by atoms with E-state index in [1.807, 2.05) is 39.2 Å². The average Bonchev–Trinajstić information content (AvgIpc) is 3.03. The third kappa shape index (κ3) is 4.55. The number of alkyl halides is 3. The van der Waals surface area contributed by atoms with Crippen molar-refractivity contribution in [2.45, 2.75) is 16.8 Å². The molecule has 0 aromatic heterocycles. The molecule has 0 amide bonds. The van der Waals surface area contributed by atoms with Gasteiger partial charge in [-0.25, -0.2) is 0 Å². The van der Waals surface area contributed by atoms with E-state index >= 15 is 0 Å². The van der Waals surface area contributed by atoms with Crippen molar-refractivity contribution in [1.82, 2.24) is 0 Å². The molecule has 6 nitrogen and oxygen atoms in total. The van der Waals surface area contributed by atoms with Gasteiger partial charge in [-0.3, -0.25) is 4.79 Å². The fraction of sp³-hybridized carbons (Fsp3) is 0.167. The number of carbonyl (C=O) groups excluding carboxylic acids is 1. The maximum absolute atomic E-state index is 13.5. The first-order valence-corrected chi connectivity index (χ1v) is 12.2. The van der Waals surface area contributed by atoms with Gasteiger partial charge in [-0.05, 0) is 12.1 Å². The van der Waals surface area contributed by atoms with Crippen LogP contribution in [0.1, 0.15) is 22.8 Å². The fourth-order valence-corrected chi connectivity index (χ4v) is 5.51. The predicted octanol–water partition coefficient (Wildman–Crippen LogP) is -7.81. The van der Waals surface area contributed by atoms with E-state index in [0.717, 1.165) is 51.6 Å². The third-order valence-electron chi connectivity index (χ3n) is 6.89. The summed E-state index contributed by atoms with van der Waals surface area (Å²) >= 11 is 0. The largest absolute Gasteiger partial charge is 0.460 e. The summed E-state index contributed by atoms with van der Waals surface area (Å²) in [6.45, 7) is 0. The van der Waals surface area contributed by atoms with E-state index in [-0.39, 0.29) is 5.56 Å². The molecule has 35 heavy (non-hydrogen) atoms. The molecular weight excluding hydrogens is 475 g/mol. The van der Waals surface area contributed by atoms with Crippen LogP contribution in [-0.4, -0.2) is 69.1 Å². The lowest BCUT2D eigenvalue weighted by Crippen LogP contribution is -2.60. The van der Waals surface area contributed by atoms with Crippen molar-refractivity contribution in [1.29, 1.82) is 0 Å². The lowest BCUT2D eigenvalue weighted by Gasteiger charge is -2.32. The first-order chi connectivity index (χ1) is 15.9. The third-order valence-corrected chi connectivity index (χ3v) is 8.73. The van der Waals surface area contributed by atoms with Gasteiger partial charge in [0.1, 0.15) is 54.9 Å². The smallest absolute Gasteiger partial charge is 0.416 e. The first kappa shape index (κ1) is 27.0. The summed E-state index contributed by atoms with van der Waals surface area (Å²) in [4.78, 5) is 13.0. The zero-order valence-electron chi connectivity index (χ0n) is 20.5. The highest BCUT2D eigenvalue weighted by Crippen LogP contribution is 2.36. The minimum absolute atomic E-state index is 0.0812. The van der Waals surface area contributed by atoms with E-state index in [2.05, 4.69) is 0 Å². The van der Waals surface area contributed by atoms with Gasteiger partial charge in [0.15, 0.2) is 6.10 Å². The van der Waals surface area contributed by atoms with Gasteiger partial charge in [-0.1, -0.05) is 28.6 Å². The van der Waals surface area contributed by atoms with Crippen molar-refractivity contribution >= 4 is 98.1 Å². The quantitative estimate of drug-likeness (QED) is 0.327.